The van der Waals surface area contributed by atoms with Crippen molar-refractivity contribution >= 4 is 17.9 Å². The maximum atomic E-state index is 12.9. The first-order chi connectivity index (χ1) is 35.0. The van der Waals surface area contributed by atoms with Crippen molar-refractivity contribution in [1.82, 2.24) is 0 Å². The molecule has 0 saturated carbocycles. The highest BCUT2D eigenvalue weighted by atomic mass is 16.6. The molecule has 0 aromatic carbocycles. The van der Waals surface area contributed by atoms with Gasteiger partial charge in [0, 0.05) is 19.3 Å². The zero-order chi connectivity index (χ0) is 51.4. The van der Waals surface area contributed by atoms with Gasteiger partial charge >= 0.3 is 17.9 Å². The van der Waals surface area contributed by atoms with Gasteiger partial charge in [-0.3, -0.25) is 14.4 Å². The quantitative estimate of drug-likeness (QED) is 0.0261. The van der Waals surface area contributed by atoms with Crippen molar-refractivity contribution in [3.05, 3.63) is 97.2 Å². The van der Waals surface area contributed by atoms with Crippen molar-refractivity contribution < 1.29 is 28.6 Å². The molecule has 6 heteroatoms. The van der Waals surface area contributed by atoms with Gasteiger partial charge in [-0.2, -0.15) is 0 Å². The molecule has 0 heterocycles. The van der Waals surface area contributed by atoms with E-state index in [2.05, 4.69) is 112 Å². The summed E-state index contributed by atoms with van der Waals surface area (Å²) in [5, 5.41) is 0. The minimum atomic E-state index is -0.815. The van der Waals surface area contributed by atoms with Gasteiger partial charge in [-0.15, -0.1) is 0 Å². The fourth-order valence-corrected chi connectivity index (χ4v) is 8.04. The number of hydrogen-bond donors (Lipinski definition) is 0. The maximum Gasteiger partial charge on any atom is 0.306 e. The molecule has 0 aliphatic heterocycles. The molecule has 0 fully saturated rings. The highest BCUT2D eigenvalue weighted by molar-refractivity contribution is 5.71. The van der Waals surface area contributed by atoms with E-state index in [-0.39, 0.29) is 37.5 Å². The van der Waals surface area contributed by atoms with Gasteiger partial charge in [-0.05, 0) is 116 Å². The van der Waals surface area contributed by atoms with Crippen molar-refractivity contribution in [2.75, 3.05) is 13.2 Å². The van der Waals surface area contributed by atoms with E-state index in [0.717, 1.165) is 77.0 Å². The largest absolute Gasteiger partial charge is 0.462 e. The summed E-state index contributed by atoms with van der Waals surface area (Å²) in [6.07, 6.45) is 78.3. The molecule has 0 bridgehead atoms. The monoisotopic (exact) mass is 987 g/mol. The van der Waals surface area contributed by atoms with Crippen LogP contribution in [0.4, 0.5) is 0 Å². The van der Waals surface area contributed by atoms with Crippen LogP contribution in [-0.4, -0.2) is 37.2 Å². The van der Waals surface area contributed by atoms with Crippen LogP contribution in [0.3, 0.4) is 0 Å². The highest BCUT2D eigenvalue weighted by Gasteiger charge is 2.19. The number of unbranched alkanes of at least 4 members (excludes halogenated alkanes) is 26. The second-order valence-electron chi connectivity index (χ2n) is 19.5. The van der Waals surface area contributed by atoms with E-state index >= 15 is 0 Å². The molecule has 0 rings (SSSR count). The third kappa shape index (κ3) is 57.1. The van der Waals surface area contributed by atoms with Gasteiger partial charge in [0.1, 0.15) is 13.2 Å². The molecular weight excluding hydrogens is 877 g/mol. The zero-order valence-corrected chi connectivity index (χ0v) is 46.5. The van der Waals surface area contributed by atoms with Crippen LogP contribution >= 0.6 is 0 Å². The lowest BCUT2D eigenvalue weighted by atomic mass is 10.1. The lowest BCUT2D eigenvalue weighted by molar-refractivity contribution is -0.166. The van der Waals surface area contributed by atoms with Crippen LogP contribution in [0.2, 0.25) is 0 Å². The van der Waals surface area contributed by atoms with E-state index in [1.54, 1.807) is 0 Å². The van der Waals surface area contributed by atoms with Crippen LogP contribution in [0.5, 0.6) is 0 Å². The molecule has 0 amide bonds. The Morgan fingerprint density at radius 1 is 0.282 bits per heavy atom. The molecule has 1 atom stereocenters. The van der Waals surface area contributed by atoms with Crippen LogP contribution in [0.1, 0.15) is 278 Å². The standard InChI is InChI=1S/C65H110O6/c1-4-7-10-13-16-19-22-25-28-31-32-35-37-40-43-46-49-52-55-58-64(67)70-61-62(71-65(68)59-56-53-50-47-44-41-38-34-30-27-24-21-18-15-12-9-6-3)60-69-63(66)57-54-51-48-45-42-39-36-33-29-26-23-20-17-14-11-8-5-2/h16-17,19-20,25-30,32,35,40,43,49,52,62H,4-15,18,21-24,31,33-34,36-39,41-42,44-48,50-51,53-61H2,1-3H3/b19-16-,20-17-,28-25-,29-26-,30-27-,35-32-,43-40-,52-49-/t62-/m0/s1. The lowest BCUT2D eigenvalue weighted by Gasteiger charge is -2.18. The van der Waals surface area contributed by atoms with Crippen molar-refractivity contribution in [1.29, 1.82) is 0 Å². The number of esters is 3. The van der Waals surface area contributed by atoms with Crippen LogP contribution in [0.15, 0.2) is 97.2 Å². The van der Waals surface area contributed by atoms with Gasteiger partial charge in [-0.1, -0.05) is 240 Å². The molecule has 0 spiro atoms. The third-order valence-corrected chi connectivity index (χ3v) is 12.5. The SMILES string of the molecule is CCCCC/C=C\C/C=C\C/C=C\C/C=C\C/C=C\CCC(=O)OC[C@H](COC(=O)CCCCCCCCC/C=C\C/C=C\CCCCC)OC(=O)CCCCCCCCC/C=C\CCCCCCCC. The number of allylic oxidation sites excluding steroid dienone is 16. The molecule has 0 aromatic heterocycles. The Morgan fingerprint density at radius 2 is 0.535 bits per heavy atom. The summed E-state index contributed by atoms with van der Waals surface area (Å²) < 4.78 is 16.8. The Kier molecular flexibility index (Phi) is 55.9. The number of carbonyl (C=O) groups excluding carboxylic acids is 3. The van der Waals surface area contributed by atoms with Crippen LogP contribution < -0.4 is 0 Å². The summed E-state index contributed by atoms with van der Waals surface area (Å²) in [4.78, 5) is 38.2. The molecule has 0 N–H and O–H groups in total. The van der Waals surface area contributed by atoms with Gasteiger partial charge < -0.3 is 14.2 Å². The van der Waals surface area contributed by atoms with E-state index in [4.69, 9.17) is 14.2 Å². The molecule has 0 aliphatic carbocycles. The Balaban J connectivity index is 4.51. The fraction of sp³-hybridized carbons (Fsp3) is 0.708. The van der Waals surface area contributed by atoms with Crippen molar-refractivity contribution in [2.24, 2.45) is 0 Å². The predicted molar refractivity (Wildman–Crippen MR) is 307 cm³/mol. The summed E-state index contributed by atoms with van der Waals surface area (Å²) in [6.45, 7) is 6.52. The van der Waals surface area contributed by atoms with Gasteiger partial charge in [0.2, 0.25) is 0 Å². The fourth-order valence-electron chi connectivity index (χ4n) is 8.04. The van der Waals surface area contributed by atoms with E-state index in [9.17, 15) is 14.4 Å². The maximum absolute atomic E-state index is 12.9. The Morgan fingerprint density at radius 3 is 0.915 bits per heavy atom. The van der Waals surface area contributed by atoms with Crippen LogP contribution in [0, 0.1) is 0 Å². The molecule has 6 nitrogen and oxygen atoms in total. The van der Waals surface area contributed by atoms with E-state index in [1.807, 2.05) is 6.08 Å². The van der Waals surface area contributed by atoms with Gasteiger partial charge in [0.25, 0.3) is 0 Å². The molecule has 0 aromatic rings. The minimum absolute atomic E-state index is 0.106. The van der Waals surface area contributed by atoms with E-state index in [0.29, 0.717) is 19.3 Å². The normalized spacial score (nSPS) is 12.8. The Bertz CT molecular complexity index is 1410. The minimum Gasteiger partial charge on any atom is -0.462 e. The summed E-state index contributed by atoms with van der Waals surface area (Å²) in [7, 11) is 0. The summed E-state index contributed by atoms with van der Waals surface area (Å²) in [5.74, 6) is -0.999. The molecule has 0 saturated heterocycles. The van der Waals surface area contributed by atoms with Crippen molar-refractivity contribution in [3.63, 3.8) is 0 Å². The summed E-state index contributed by atoms with van der Waals surface area (Å²) in [5.41, 5.74) is 0. The predicted octanol–water partition coefficient (Wildman–Crippen LogP) is 20.1. The first kappa shape index (κ1) is 67.3. The summed E-state index contributed by atoms with van der Waals surface area (Å²) >= 11 is 0. The van der Waals surface area contributed by atoms with Crippen LogP contribution in [0.25, 0.3) is 0 Å². The summed E-state index contributed by atoms with van der Waals surface area (Å²) in [6, 6.07) is 0. The first-order valence-electron chi connectivity index (χ1n) is 29.7. The molecule has 0 aliphatic rings. The smallest absolute Gasteiger partial charge is 0.306 e. The van der Waals surface area contributed by atoms with Gasteiger partial charge in [0.05, 0.1) is 0 Å². The molecule has 0 unspecified atom stereocenters. The third-order valence-electron chi connectivity index (χ3n) is 12.5. The Labute approximate surface area is 438 Å². The highest BCUT2D eigenvalue weighted by Crippen LogP contribution is 2.14. The molecule has 406 valence electrons. The lowest BCUT2D eigenvalue weighted by Crippen LogP contribution is -2.30. The van der Waals surface area contributed by atoms with E-state index < -0.39 is 6.10 Å². The van der Waals surface area contributed by atoms with Crippen molar-refractivity contribution in [2.45, 2.75) is 284 Å². The first-order valence-corrected chi connectivity index (χ1v) is 29.7. The number of hydrogen-bond acceptors (Lipinski definition) is 6. The van der Waals surface area contributed by atoms with Crippen LogP contribution in [-0.2, 0) is 28.6 Å². The average Bonchev–Trinajstić information content (AvgIpc) is 3.37. The molecular formula is C65H110O6. The van der Waals surface area contributed by atoms with Gasteiger partial charge in [-0.25, -0.2) is 0 Å². The van der Waals surface area contributed by atoms with Crippen molar-refractivity contribution in [3.8, 4) is 0 Å². The number of rotatable bonds is 53. The molecule has 71 heavy (non-hydrogen) atoms. The Hall–Kier alpha value is -3.67. The topological polar surface area (TPSA) is 78.9 Å². The second-order valence-corrected chi connectivity index (χ2v) is 19.5. The number of carbonyl (C=O) groups is 3. The number of ether oxygens (including phenoxy) is 3. The molecule has 0 radical (unpaired) electrons. The van der Waals surface area contributed by atoms with Gasteiger partial charge in [0.15, 0.2) is 6.10 Å². The average molecular weight is 988 g/mol. The zero-order valence-electron chi connectivity index (χ0n) is 46.5. The van der Waals surface area contributed by atoms with E-state index in [1.165, 1.54) is 154 Å². The second kappa shape index (κ2) is 58.9.